The second-order valence-corrected chi connectivity index (χ2v) is 5.41. The number of fused-ring (bicyclic) bond motifs is 1. The van der Waals surface area contributed by atoms with E-state index < -0.39 is 5.60 Å². The van der Waals surface area contributed by atoms with Gasteiger partial charge in [-0.2, -0.15) is 0 Å². The first-order chi connectivity index (χ1) is 8.62. The molecular weight excluding hydrogens is 226 g/mol. The Hall–Kier alpha value is -0.900. The number of rotatable bonds is 6. The van der Waals surface area contributed by atoms with E-state index in [4.69, 9.17) is 4.74 Å². The molecule has 1 aliphatic rings. The van der Waals surface area contributed by atoms with Gasteiger partial charge in [-0.1, -0.05) is 24.3 Å². The number of hydrogen-bond acceptors (Lipinski definition) is 3. The molecule has 1 aliphatic carbocycles. The molecule has 3 heteroatoms. The van der Waals surface area contributed by atoms with Gasteiger partial charge in [-0.3, -0.25) is 0 Å². The van der Waals surface area contributed by atoms with Crippen molar-refractivity contribution in [3.8, 4) is 0 Å². The first-order valence-electron chi connectivity index (χ1n) is 6.65. The quantitative estimate of drug-likeness (QED) is 0.811. The molecule has 0 bridgehead atoms. The van der Waals surface area contributed by atoms with Crippen LogP contribution in [0.4, 0.5) is 0 Å². The Kier molecular flexibility index (Phi) is 4.38. The molecule has 0 saturated carbocycles. The zero-order valence-corrected chi connectivity index (χ0v) is 11.3. The zero-order valence-electron chi connectivity index (χ0n) is 11.3. The van der Waals surface area contributed by atoms with Gasteiger partial charge in [0, 0.05) is 32.7 Å². The summed E-state index contributed by atoms with van der Waals surface area (Å²) in [5, 5.41) is 13.7. The number of hydrogen-bond donors (Lipinski definition) is 2. The highest BCUT2D eigenvalue weighted by Gasteiger charge is 2.25. The second-order valence-electron chi connectivity index (χ2n) is 5.41. The van der Waals surface area contributed by atoms with E-state index >= 15 is 0 Å². The van der Waals surface area contributed by atoms with Crippen LogP contribution in [0, 0.1) is 0 Å². The zero-order chi connectivity index (χ0) is 13.0. The van der Waals surface area contributed by atoms with Crippen LogP contribution in [0.5, 0.6) is 0 Å². The Morgan fingerprint density at radius 2 is 2.22 bits per heavy atom. The standard InChI is InChI=1S/C15H23NO2/c1-15(17,9-10-18-2)11-16-14-8-7-12-5-3-4-6-13(12)14/h3-6,14,16-17H,7-11H2,1-2H3. The molecule has 0 radical (unpaired) electrons. The van der Waals surface area contributed by atoms with Crippen LogP contribution in [-0.2, 0) is 11.2 Å². The van der Waals surface area contributed by atoms with E-state index in [0.717, 1.165) is 12.8 Å². The van der Waals surface area contributed by atoms with E-state index in [1.807, 2.05) is 6.92 Å². The largest absolute Gasteiger partial charge is 0.389 e. The van der Waals surface area contributed by atoms with Crippen molar-refractivity contribution in [1.82, 2.24) is 5.32 Å². The molecule has 2 unspecified atom stereocenters. The van der Waals surface area contributed by atoms with Crippen LogP contribution >= 0.6 is 0 Å². The van der Waals surface area contributed by atoms with Gasteiger partial charge in [0.2, 0.25) is 0 Å². The summed E-state index contributed by atoms with van der Waals surface area (Å²) in [6.45, 7) is 3.06. The predicted molar refractivity (Wildman–Crippen MR) is 72.6 cm³/mol. The van der Waals surface area contributed by atoms with Crippen LogP contribution in [-0.4, -0.2) is 31.0 Å². The molecule has 0 spiro atoms. The predicted octanol–water partition coefficient (Wildman–Crippen LogP) is 2.05. The average Bonchev–Trinajstić information content (AvgIpc) is 2.78. The Morgan fingerprint density at radius 3 is 3.00 bits per heavy atom. The lowest BCUT2D eigenvalue weighted by Crippen LogP contribution is -2.39. The monoisotopic (exact) mass is 249 g/mol. The third-order valence-electron chi connectivity index (χ3n) is 3.71. The lowest BCUT2D eigenvalue weighted by atomic mass is 10.0. The van der Waals surface area contributed by atoms with E-state index in [0.29, 0.717) is 25.6 Å². The van der Waals surface area contributed by atoms with Crippen molar-refractivity contribution in [3.63, 3.8) is 0 Å². The van der Waals surface area contributed by atoms with Gasteiger partial charge in [0.25, 0.3) is 0 Å². The molecular formula is C15H23NO2. The van der Waals surface area contributed by atoms with E-state index in [9.17, 15) is 5.11 Å². The maximum atomic E-state index is 10.2. The van der Waals surface area contributed by atoms with Crippen molar-refractivity contribution in [3.05, 3.63) is 35.4 Å². The molecule has 0 amide bonds. The lowest BCUT2D eigenvalue weighted by Gasteiger charge is -2.26. The summed E-state index contributed by atoms with van der Waals surface area (Å²) in [5.41, 5.74) is 2.12. The number of methoxy groups -OCH3 is 1. The molecule has 0 aliphatic heterocycles. The van der Waals surface area contributed by atoms with Gasteiger partial charge in [-0.05, 0) is 30.9 Å². The molecule has 0 fully saturated rings. The summed E-state index contributed by atoms with van der Waals surface area (Å²) < 4.78 is 5.02. The fourth-order valence-electron chi connectivity index (χ4n) is 2.52. The minimum atomic E-state index is -0.701. The summed E-state index contributed by atoms with van der Waals surface area (Å²) in [6, 6.07) is 8.94. The third-order valence-corrected chi connectivity index (χ3v) is 3.71. The minimum absolute atomic E-state index is 0.384. The smallest absolute Gasteiger partial charge is 0.0765 e. The van der Waals surface area contributed by atoms with Gasteiger partial charge >= 0.3 is 0 Å². The van der Waals surface area contributed by atoms with Crippen molar-refractivity contribution >= 4 is 0 Å². The summed E-state index contributed by atoms with van der Waals surface area (Å²) in [4.78, 5) is 0. The highest BCUT2D eigenvalue weighted by Crippen LogP contribution is 2.30. The Morgan fingerprint density at radius 1 is 1.44 bits per heavy atom. The first kappa shape index (κ1) is 13.5. The van der Waals surface area contributed by atoms with Crippen LogP contribution in [0.2, 0.25) is 0 Å². The van der Waals surface area contributed by atoms with Gasteiger partial charge in [-0.25, -0.2) is 0 Å². The normalized spacial score (nSPS) is 21.6. The van der Waals surface area contributed by atoms with E-state index in [-0.39, 0.29) is 0 Å². The lowest BCUT2D eigenvalue weighted by molar-refractivity contribution is 0.0227. The molecule has 1 aromatic carbocycles. The molecule has 18 heavy (non-hydrogen) atoms. The molecule has 2 N–H and O–H groups in total. The maximum Gasteiger partial charge on any atom is 0.0765 e. The fraction of sp³-hybridized carbons (Fsp3) is 0.600. The van der Waals surface area contributed by atoms with Gasteiger partial charge in [0.1, 0.15) is 0 Å². The number of aliphatic hydroxyl groups is 1. The molecule has 0 heterocycles. The van der Waals surface area contributed by atoms with E-state index in [1.165, 1.54) is 11.1 Å². The molecule has 100 valence electrons. The van der Waals surface area contributed by atoms with Gasteiger partial charge in [-0.15, -0.1) is 0 Å². The van der Waals surface area contributed by atoms with Gasteiger partial charge in [0.15, 0.2) is 0 Å². The van der Waals surface area contributed by atoms with Crippen molar-refractivity contribution in [2.45, 2.75) is 37.8 Å². The Bertz CT molecular complexity index is 390. The Labute approximate surface area is 109 Å². The second kappa shape index (κ2) is 5.83. The Balaban J connectivity index is 1.88. The minimum Gasteiger partial charge on any atom is -0.389 e. The van der Waals surface area contributed by atoms with Crippen LogP contribution in [0.25, 0.3) is 0 Å². The van der Waals surface area contributed by atoms with Crippen molar-refractivity contribution in [1.29, 1.82) is 0 Å². The van der Waals surface area contributed by atoms with Crippen LogP contribution < -0.4 is 5.32 Å². The number of aryl methyl sites for hydroxylation is 1. The SMILES string of the molecule is COCCC(C)(O)CNC1CCc2ccccc21. The van der Waals surface area contributed by atoms with Crippen LogP contribution in [0.3, 0.4) is 0 Å². The third kappa shape index (κ3) is 3.31. The van der Waals surface area contributed by atoms with Crippen molar-refractivity contribution in [2.24, 2.45) is 0 Å². The van der Waals surface area contributed by atoms with E-state index in [2.05, 4.69) is 29.6 Å². The molecule has 0 aromatic heterocycles. The highest BCUT2D eigenvalue weighted by molar-refractivity contribution is 5.34. The van der Waals surface area contributed by atoms with Crippen molar-refractivity contribution in [2.75, 3.05) is 20.3 Å². The average molecular weight is 249 g/mol. The van der Waals surface area contributed by atoms with E-state index in [1.54, 1.807) is 7.11 Å². The van der Waals surface area contributed by atoms with Gasteiger partial charge in [0.05, 0.1) is 5.60 Å². The summed E-state index contributed by atoms with van der Waals surface area (Å²) in [7, 11) is 1.66. The first-order valence-corrected chi connectivity index (χ1v) is 6.65. The molecule has 3 nitrogen and oxygen atoms in total. The van der Waals surface area contributed by atoms with Crippen LogP contribution in [0.1, 0.15) is 36.9 Å². The topological polar surface area (TPSA) is 41.5 Å². The number of nitrogens with one attached hydrogen (secondary N) is 1. The highest BCUT2D eigenvalue weighted by atomic mass is 16.5. The maximum absolute atomic E-state index is 10.2. The molecule has 1 aromatic rings. The molecule has 2 atom stereocenters. The number of benzene rings is 1. The molecule has 2 rings (SSSR count). The number of ether oxygens (including phenoxy) is 1. The fourth-order valence-corrected chi connectivity index (χ4v) is 2.52. The molecule has 0 saturated heterocycles. The summed E-state index contributed by atoms with van der Waals surface area (Å²) >= 11 is 0. The summed E-state index contributed by atoms with van der Waals surface area (Å²) in [6.07, 6.45) is 2.92. The van der Waals surface area contributed by atoms with Crippen molar-refractivity contribution < 1.29 is 9.84 Å². The van der Waals surface area contributed by atoms with Gasteiger partial charge < -0.3 is 15.2 Å². The van der Waals surface area contributed by atoms with Crippen LogP contribution in [0.15, 0.2) is 24.3 Å². The summed E-state index contributed by atoms with van der Waals surface area (Å²) in [5.74, 6) is 0.